The maximum absolute atomic E-state index is 12.4. The molecule has 0 saturated heterocycles. The van der Waals surface area contributed by atoms with Gasteiger partial charge >= 0.3 is 5.97 Å². The molecule has 0 radical (unpaired) electrons. The van der Waals surface area contributed by atoms with Gasteiger partial charge in [-0.05, 0) is 55.5 Å². The van der Waals surface area contributed by atoms with Crippen molar-refractivity contribution in [2.24, 2.45) is 5.73 Å². The molecule has 2 aromatic heterocycles. The molecule has 27 heavy (non-hydrogen) atoms. The molecular weight excluding hydrogens is 366 g/mol. The SMILES string of the molecule is Cc1cc(C)c2cc(C(=O)OC(C)C(=O)Nc3sccc3C(N)=O)[nH]c2c1. The fourth-order valence-electron chi connectivity index (χ4n) is 2.80. The quantitative estimate of drug-likeness (QED) is 0.585. The van der Waals surface area contributed by atoms with E-state index in [0.29, 0.717) is 5.00 Å². The first-order valence-corrected chi connectivity index (χ1v) is 9.13. The highest BCUT2D eigenvalue weighted by molar-refractivity contribution is 7.14. The van der Waals surface area contributed by atoms with Crippen molar-refractivity contribution in [3.8, 4) is 0 Å². The third-order valence-corrected chi connectivity index (χ3v) is 4.96. The van der Waals surface area contributed by atoms with E-state index >= 15 is 0 Å². The molecule has 2 amide bonds. The van der Waals surface area contributed by atoms with Crippen molar-refractivity contribution in [2.75, 3.05) is 5.32 Å². The number of benzene rings is 1. The van der Waals surface area contributed by atoms with E-state index in [1.54, 1.807) is 11.4 Å². The van der Waals surface area contributed by atoms with Crippen molar-refractivity contribution in [2.45, 2.75) is 26.9 Å². The third kappa shape index (κ3) is 3.85. The van der Waals surface area contributed by atoms with Crippen LogP contribution >= 0.6 is 11.3 Å². The van der Waals surface area contributed by atoms with Crippen LogP contribution < -0.4 is 11.1 Å². The molecule has 0 spiro atoms. The lowest BCUT2D eigenvalue weighted by molar-refractivity contribution is -0.123. The fraction of sp³-hybridized carbons (Fsp3) is 0.211. The average Bonchev–Trinajstić information content (AvgIpc) is 3.21. The summed E-state index contributed by atoms with van der Waals surface area (Å²) in [6, 6.07) is 7.20. The van der Waals surface area contributed by atoms with Gasteiger partial charge in [0, 0.05) is 10.9 Å². The molecule has 1 atom stereocenters. The number of hydrogen-bond donors (Lipinski definition) is 3. The van der Waals surface area contributed by atoms with E-state index in [-0.39, 0.29) is 11.3 Å². The van der Waals surface area contributed by atoms with Crippen molar-refractivity contribution in [3.63, 3.8) is 0 Å². The molecule has 0 fully saturated rings. The normalized spacial score (nSPS) is 12.0. The number of aromatic nitrogens is 1. The van der Waals surface area contributed by atoms with Gasteiger partial charge in [-0.25, -0.2) is 4.79 Å². The summed E-state index contributed by atoms with van der Waals surface area (Å²) < 4.78 is 5.25. The molecule has 0 aliphatic heterocycles. The summed E-state index contributed by atoms with van der Waals surface area (Å²) in [5.74, 6) is -1.82. The van der Waals surface area contributed by atoms with E-state index in [9.17, 15) is 14.4 Å². The number of nitrogens with one attached hydrogen (secondary N) is 2. The number of nitrogens with two attached hydrogens (primary N) is 1. The minimum absolute atomic E-state index is 0.216. The Balaban J connectivity index is 1.71. The molecule has 7 nitrogen and oxygen atoms in total. The minimum atomic E-state index is -1.05. The minimum Gasteiger partial charge on any atom is -0.448 e. The van der Waals surface area contributed by atoms with E-state index in [4.69, 9.17) is 10.5 Å². The average molecular weight is 385 g/mol. The zero-order chi connectivity index (χ0) is 19.7. The summed E-state index contributed by atoms with van der Waals surface area (Å²) in [6.07, 6.45) is -1.05. The summed E-state index contributed by atoms with van der Waals surface area (Å²) in [5.41, 5.74) is 8.70. The predicted molar refractivity (Wildman–Crippen MR) is 104 cm³/mol. The van der Waals surface area contributed by atoms with E-state index in [0.717, 1.165) is 22.0 Å². The van der Waals surface area contributed by atoms with E-state index in [1.165, 1.54) is 24.3 Å². The molecule has 140 valence electrons. The number of anilines is 1. The van der Waals surface area contributed by atoms with Gasteiger partial charge in [0.1, 0.15) is 10.7 Å². The first-order valence-electron chi connectivity index (χ1n) is 8.25. The van der Waals surface area contributed by atoms with Gasteiger partial charge in [0.05, 0.1) is 5.56 Å². The Hall–Kier alpha value is -3.13. The van der Waals surface area contributed by atoms with Crippen molar-refractivity contribution < 1.29 is 19.1 Å². The number of amides is 2. The maximum Gasteiger partial charge on any atom is 0.355 e. The van der Waals surface area contributed by atoms with E-state index in [2.05, 4.69) is 10.3 Å². The van der Waals surface area contributed by atoms with Crippen molar-refractivity contribution in [1.29, 1.82) is 0 Å². The molecule has 1 unspecified atom stereocenters. The fourth-order valence-corrected chi connectivity index (χ4v) is 3.60. The topological polar surface area (TPSA) is 114 Å². The number of rotatable bonds is 5. The van der Waals surface area contributed by atoms with Crippen LogP contribution in [-0.4, -0.2) is 28.9 Å². The number of carbonyl (C=O) groups is 3. The molecule has 4 N–H and O–H groups in total. The van der Waals surface area contributed by atoms with Gasteiger partial charge in [0.25, 0.3) is 11.8 Å². The molecule has 3 aromatic rings. The maximum atomic E-state index is 12.4. The number of carbonyl (C=O) groups excluding carboxylic acids is 3. The summed E-state index contributed by atoms with van der Waals surface area (Å²) in [4.78, 5) is 39.0. The van der Waals surface area contributed by atoms with Crippen LogP contribution in [0.25, 0.3) is 10.9 Å². The van der Waals surface area contributed by atoms with Crippen LogP contribution in [0.4, 0.5) is 5.00 Å². The number of H-pyrrole nitrogens is 1. The second kappa shape index (κ2) is 7.24. The van der Waals surface area contributed by atoms with Gasteiger partial charge in [-0.2, -0.15) is 0 Å². The van der Waals surface area contributed by atoms with E-state index < -0.39 is 23.9 Å². The van der Waals surface area contributed by atoms with E-state index in [1.807, 2.05) is 26.0 Å². The second-order valence-corrected chi connectivity index (χ2v) is 7.21. The number of aromatic amines is 1. The number of hydrogen-bond acceptors (Lipinski definition) is 5. The first-order chi connectivity index (χ1) is 12.8. The number of aryl methyl sites for hydroxylation is 2. The van der Waals surface area contributed by atoms with Crippen LogP contribution in [0.1, 0.15) is 38.9 Å². The van der Waals surface area contributed by atoms with Crippen molar-refractivity contribution >= 4 is 45.0 Å². The highest BCUT2D eigenvalue weighted by atomic mass is 32.1. The molecule has 0 aliphatic rings. The Morgan fingerprint density at radius 1 is 1.22 bits per heavy atom. The van der Waals surface area contributed by atoms with Crippen LogP contribution in [-0.2, 0) is 9.53 Å². The van der Waals surface area contributed by atoms with Gasteiger partial charge in [-0.15, -0.1) is 11.3 Å². The highest BCUT2D eigenvalue weighted by Crippen LogP contribution is 2.24. The van der Waals surface area contributed by atoms with Crippen LogP contribution in [0.5, 0.6) is 0 Å². The number of ether oxygens (including phenoxy) is 1. The Morgan fingerprint density at radius 2 is 1.96 bits per heavy atom. The number of thiophene rings is 1. The lowest BCUT2D eigenvalue weighted by atomic mass is 10.1. The van der Waals surface area contributed by atoms with Gasteiger partial charge in [-0.3, -0.25) is 9.59 Å². The molecule has 8 heteroatoms. The first kappa shape index (κ1) is 18.7. The largest absolute Gasteiger partial charge is 0.448 e. The molecule has 0 aliphatic carbocycles. The van der Waals surface area contributed by atoms with Crippen LogP contribution in [0, 0.1) is 13.8 Å². The highest BCUT2D eigenvalue weighted by Gasteiger charge is 2.22. The van der Waals surface area contributed by atoms with Crippen molar-refractivity contribution in [1.82, 2.24) is 4.98 Å². The van der Waals surface area contributed by atoms with Crippen LogP contribution in [0.2, 0.25) is 0 Å². The Kier molecular flexibility index (Phi) is 5.00. The van der Waals surface area contributed by atoms with Gasteiger partial charge in [0.15, 0.2) is 6.10 Å². The smallest absolute Gasteiger partial charge is 0.355 e. The van der Waals surface area contributed by atoms with Crippen molar-refractivity contribution in [3.05, 3.63) is 52.0 Å². The summed E-state index contributed by atoms with van der Waals surface area (Å²) in [5, 5.41) is 5.45. The van der Waals surface area contributed by atoms with Gasteiger partial charge < -0.3 is 20.8 Å². The number of primary amides is 1. The number of fused-ring (bicyclic) bond motifs is 1. The van der Waals surface area contributed by atoms with Crippen LogP contribution in [0.3, 0.4) is 0 Å². The third-order valence-electron chi connectivity index (χ3n) is 4.13. The lowest BCUT2D eigenvalue weighted by Crippen LogP contribution is -2.30. The van der Waals surface area contributed by atoms with Gasteiger partial charge in [-0.1, -0.05) is 6.07 Å². The Bertz CT molecular complexity index is 1050. The molecule has 0 bridgehead atoms. The Morgan fingerprint density at radius 3 is 2.67 bits per heavy atom. The monoisotopic (exact) mass is 385 g/mol. The van der Waals surface area contributed by atoms with Gasteiger partial charge in [0.2, 0.25) is 0 Å². The standard InChI is InChI=1S/C19H19N3O4S/c1-9-6-10(2)13-8-15(21-14(13)7-9)19(25)26-11(3)17(24)22-18-12(16(20)23)4-5-27-18/h4-8,11,21H,1-3H3,(H2,20,23)(H,22,24). The zero-order valence-corrected chi connectivity index (χ0v) is 15.9. The second-order valence-electron chi connectivity index (χ2n) is 6.29. The number of esters is 1. The summed E-state index contributed by atoms with van der Waals surface area (Å²) >= 11 is 1.17. The summed E-state index contributed by atoms with van der Waals surface area (Å²) in [6.45, 7) is 5.40. The molecular formula is C19H19N3O4S. The zero-order valence-electron chi connectivity index (χ0n) is 15.1. The predicted octanol–water partition coefficient (Wildman–Crippen LogP) is 3.13. The lowest BCUT2D eigenvalue weighted by Gasteiger charge is -2.12. The molecule has 2 heterocycles. The van der Waals surface area contributed by atoms with Crippen LogP contribution in [0.15, 0.2) is 29.6 Å². The molecule has 0 saturated carbocycles. The molecule has 3 rings (SSSR count). The molecule has 1 aromatic carbocycles. The Labute approximate surface area is 159 Å². The summed E-state index contributed by atoms with van der Waals surface area (Å²) in [7, 11) is 0.